The summed E-state index contributed by atoms with van der Waals surface area (Å²) in [6.07, 6.45) is 0.811. The highest BCUT2D eigenvalue weighted by Gasteiger charge is 2.09. The Kier molecular flexibility index (Phi) is 3.08. The highest BCUT2D eigenvalue weighted by Crippen LogP contribution is 2.28. The molecule has 2 rings (SSSR count). The summed E-state index contributed by atoms with van der Waals surface area (Å²) in [7, 11) is 0. The Bertz CT molecular complexity index is 523. The minimum Gasteiger partial charge on any atom is -0.225 e. The van der Waals surface area contributed by atoms with E-state index in [1.54, 1.807) is 0 Å². The summed E-state index contributed by atoms with van der Waals surface area (Å²) in [5.74, 6) is -1.38. The highest BCUT2D eigenvalue weighted by atomic mass is 35.5. The molecule has 0 fully saturated rings. The van der Waals surface area contributed by atoms with Gasteiger partial charge in [0.25, 0.3) is 0 Å². The van der Waals surface area contributed by atoms with Gasteiger partial charge in [0.2, 0.25) is 5.95 Å². The van der Waals surface area contributed by atoms with E-state index in [9.17, 15) is 8.78 Å². The number of nitrogens with zero attached hydrogens (tertiary/aromatic N) is 1. The van der Waals surface area contributed by atoms with Gasteiger partial charge in [-0.25, -0.2) is 9.37 Å². The largest absolute Gasteiger partial charge is 0.225 e. The van der Waals surface area contributed by atoms with Crippen LogP contribution in [0.2, 0.25) is 10.0 Å². The average Bonchev–Trinajstić information content (AvgIpc) is 2.20. The van der Waals surface area contributed by atoms with Crippen molar-refractivity contribution in [1.29, 1.82) is 0 Å². The fraction of sp³-hybridized carbons (Fsp3) is 0. The Hall–Kier alpha value is -1.19. The third-order valence-corrected chi connectivity index (χ3v) is 2.42. The molecule has 1 aromatic heterocycles. The van der Waals surface area contributed by atoms with Crippen LogP contribution in [0.1, 0.15) is 0 Å². The van der Waals surface area contributed by atoms with E-state index in [0.29, 0.717) is 15.6 Å². The van der Waals surface area contributed by atoms with Crippen LogP contribution in [0.4, 0.5) is 8.78 Å². The zero-order valence-corrected chi connectivity index (χ0v) is 9.36. The lowest BCUT2D eigenvalue weighted by Crippen LogP contribution is -1.90. The lowest BCUT2D eigenvalue weighted by Gasteiger charge is -2.04. The van der Waals surface area contributed by atoms with Crippen molar-refractivity contribution >= 4 is 23.2 Å². The topological polar surface area (TPSA) is 12.9 Å². The molecule has 0 unspecified atom stereocenters. The third kappa shape index (κ3) is 2.31. The molecular weight excluding hydrogens is 255 g/mol. The van der Waals surface area contributed by atoms with Crippen LogP contribution in [0.5, 0.6) is 0 Å². The van der Waals surface area contributed by atoms with Crippen molar-refractivity contribution in [1.82, 2.24) is 4.98 Å². The monoisotopic (exact) mass is 259 g/mol. The first kappa shape index (κ1) is 11.3. The predicted octanol–water partition coefficient (Wildman–Crippen LogP) is 4.33. The third-order valence-electron chi connectivity index (χ3n) is 1.98. The SMILES string of the molecule is Fc1cnc(F)c(-c2cc(Cl)cc(Cl)c2)c1. The standard InChI is InChI=1S/C11H5Cl2F2N/c12-7-1-6(2-8(13)3-7)10-4-9(14)5-16-11(10)15/h1-5H. The van der Waals surface area contributed by atoms with Crippen LogP contribution < -0.4 is 0 Å². The first-order valence-corrected chi connectivity index (χ1v) is 5.09. The second kappa shape index (κ2) is 4.36. The number of hydrogen-bond donors (Lipinski definition) is 0. The zero-order chi connectivity index (χ0) is 11.7. The molecule has 5 heteroatoms. The Morgan fingerprint density at radius 2 is 1.56 bits per heavy atom. The van der Waals surface area contributed by atoms with Crippen molar-refractivity contribution in [3.05, 3.63) is 52.3 Å². The summed E-state index contributed by atoms with van der Waals surface area (Å²) in [5, 5.41) is 0.706. The molecule has 1 nitrogen and oxygen atoms in total. The molecule has 16 heavy (non-hydrogen) atoms. The van der Waals surface area contributed by atoms with Crippen molar-refractivity contribution in [2.75, 3.05) is 0 Å². The first-order valence-electron chi connectivity index (χ1n) is 4.34. The molecule has 1 heterocycles. The van der Waals surface area contributed by atoms with Gasteiger partial charge in [0, 0.05) is 15.6 Å². The fourth-order valence-electron chi connectivity index (χ4n) is 1.33. The van der Waals surface area contributed by atoms with E-state index in [1.807, 2.05) is 0 Å². The number of halogens is 4. The second-order valence-electron chi connectivity index (χ2n) is 3.15. The van der Waals surface area contributed by atoms with E-state index in [-0.39, 0.29) is 5.56 Å². The predicted molar refractivity (Wildman–Crippen MR) is 59.6 cm³/mol. The summed E-state index contributed by atoms with van der Waals surface area (Å²) >= 11 is 11.5. The van der Waals surface area contributed by atoms with Gasteiger partial charge in [-0.2, -0.15) is 4.39 Å². The van der Waals surface area contributed by atoms with E-state index in [2.05, 4.69) is 4.98 Å². The number of hydrogen-bond acceptors (Lipinski definition) is 1. The molecule has 0 amide bonds. The molecule has 0 N–H and O–H groups in total. The van der Waals surface area contributed by atoms with Crippen LogP contribution in [0.25, 0.3) is 11.1 Å². The fourth-order valence-corrected chi connectivity index (χ4v) is 1.86. The molecule has 0 atom stereocenters. The average molecular weight is 260 g/mol. The van der Waals surface area contributed by atoms with E-state index >= 15 is 0 Å². The van der Waals surface area contributed by atoms with Crippen LogP contribution in [-0.2, 0) is 0 Å². The molecule has 1 aromatic carbocycles. The molecule has 0 saturated carbocycles. The summed E-state index contributed by atoms with van der Waals surface area (Å²) in [6, 6.07) is 5.54. The number of aromatic nitrogens is 1. The molecule has 2 aromatic rings. The van der Waals surface area contributed by atoms with Gasteiger partial charge in [0.15, 0.2) is 0 Å². The van der Waals surface area contributed by atoms with Crippen LogP contribution in [0.15, 0.2) is 30.5 Å². The van der Waals surface area contributed by atoms with Gasteiger partial charge in [-0.3, -0.25) is 0 Å². The minimum absolute atomic E-state index is 0.0319. The quantitative estimate of drug-likeness (QED) is 0.695. The maximum absolute atomic E-state index is 13.4. The van der Waals surface area contributed by atoms with E-state index in [1.165, 1.54) is 18.2 Å². The first-order chi connectivity index (χ1) is 7.56. The molecule has 0 radical (unpaired) electrons. The minimum atomic E-state index is -0.764. The van der Waals surface area contributed by atoms with Crippen molar-refractivity contribution in [2.24, 2.45) is 0 Å². The normalized spacial score (nSPS) is 10.5. The summed E-state index contributed by atoms with van der Waals surface area (Å²) in [4.78, 5) is 3.29. The van der Waals surface area contributed by atoms with Gasteiger partial charge in [0.05, 0.1) is 6.20 Å². The van der Waals surface area contributed by atoms with Gasteiger partial charge in [0.1, 0.15) is 5.82 Å². The highest BCUT2D eigenvalue weighted by molar-refractivity contribution is 6.35. The molecular formula is C11H5Cl2F2N. The molecule has 0 saturated heterocycles. The molecule has 0 spiro atoms. The Morgan fingerprint density at radius 3 is 2.19 bits per heavy atom. The van der Waals surface area contributed by atoms with Crippen molar-refractivity contribution in [3.8, 4) is 11.1 Å². The summed E-state index contributed by atoms with van der Waals surface area (Å²) in [6.45, 7) is 0. The Labute approximate surface area is 101 Å². The lowest BCUT2D eigenvalue weighted by molar-refractivity contribution is 0.563. The summed E-state index contributed by atoms with van der Waals surface area (Å²) < 4.78 is 26.3. The number of rotatable bonds is 1. The van der Waals surface area contributed by atoms with Gasteiger partial charge in [-0.05, 0) is 29.8 Å². The summed E-state index contributed by atoms with van der Waals surface area (Å²) in [5.41, 5.74) is 0.423. The molecule has 0 aliphatic heterocycles. The number of benzene rings is 1. The van der Waals surface area contributed by atoms with Gasteiger partial charge < -0.3 is 0 Å². The van der Waals surface area contributed by atoms with E-state index < -0.39 is 11.8 Å². The molecule has 0 bridgehead atoms. The van der Waals surface area contributed by atoms with E-state index in [0.717, 1.165) is 12.3 Å². The van der Waals surface area contributed by atoms with Crippen LogP contribution >= 0.6 is 23.2 Å². The van der Waals surface area contributed by atoms with E-state index in [4.69, 9.17) is 23.2 Å². The van der Waals surface area contributed by atoms with Crippen LogP contribution in [-0.4, -0.2) is 4.98 Å². The van der Waals surface area contributed by atoms with Crippen molar-refractivity contribution in [2.45, 2.75) is 0 Å². The van der Waals surface area contributed by atoms with Gasteiger partial charge in [-0.1, -0.05) is 23.2 Å². The molecule has 82 valence electrons. The zero-order valence-electron chi connectivity index (χ0n) is 7.85. The smallest absolute Gasteiger partial charge is 0.220 e. The van der Waals surface area contributed by atoms with Gasteiger partial charge in [-0.15, -0.1) is 0 Å². The maximum atomic E-state index is 13.4. The van der Waals surface area contributed by atoms with Crippen molar-refractivity contribution in [3.63, 3.8) is 0 Å². The lowest BCUT2D eigenvalue weighted by atomic mass is 10.1. The van der Waals surface area contributed by atoms with Crippen LogP contribution in [0.3, 0.4) is 0 Å². The molecule has 0 aliphatic carbocycles. The van der Waals surface area contributed by atoms with Crippen LogP contribution in [0, 0.1) is 11.8 Å². The number of pyridine rings is 1. The molecule has 0 aliphatic rings. The Balaban J connectivity index is 2.62. The Morgan fingerprint density at radius 1 is 0.938 bits per heavy atom. The second-order valence-corrected chi connectivity index (χ2v) is 4.02. The van der Waals surface area contributed by atoms with Crippen molar-refractivity contribution < 1.29 is 8.78 Å². The maximum Gasteiger partial charge on any atom is 0.220 e. The van der Waals surface area contributed by atoms with Gasteiger partial charge >= 0.3 is 0 Å².